The van der Waals surface area contributed by atoms with Crippen LogP contribution < -0.4 is 5.73 Å². The molecule has 0 spiro atoms. The maximum atomic E-state index is 11.8. The van der Waals surface area contributed by atoms with Crippen molar-refractivity contribution in [3.05, 3.63) is 35.4 Å². The Kier molecular flexibility index (Phi) is 4.69. The smallest absolute Gasteiger partial charge is 0.207 e. The van der Waals surface area contributed by atoms with Crippen LogP contribution in [-0.4, -0.2) is 28.8 Å². The third kappa shape index (κ3) is 4.45. The summed E-state index contributed by atoms with van der Waals surface area (Å²) in [6.45, 7) is 1.97. The molecule has 0 radical (unpaired) electrons. The van der Waals surface area contributed by atoms with Gasteiger partial charge in [0.25, 0.3) is 0 Å². The van der Waals surface area contributed by atoms with Crippen LogP contribution in [0.1, 0.15) is 11.1 Å². The number of hydrogen-bond acceptors (Lipinski definition) is 3. The van der Waals surface area contributed by atoms with Crippen LogP contribution in [0, 0.1) is 6.92 Å². The number of rotatable bonds is 5. The predicted molar refractivity (Wildman–Crippen MR) is 64.6 cm³/mol. The van der Waals surface area contributed by atoms with Gasteiger partial charge in [-0.1, -0.05) is 29.8 Å². The van der Waals surface area contributed by atoms with E-state index in [-0.39, 0.29) is 18.9 Å². The number of nitrogens with two attached hydrogens (primary N) is 1. The molecular weight excluding hydrogens is 225 g/mol. The fourth-order valence-corrected chi connectivity index (χ4v) is 3.17. The van der Waals surface area contributed by atoms with E-state index in [1.165, 1.54) is 0 Å². The van der Waals surface area contributed by atoms with Gasteiger partial charge in [0.2, 0.25) is 7.37 Å². The first-order valence-corrected chi connectivity index (χ1v) is 7.20. The lowest BCUT2D eigenvalue weighted by atomic mass is 10.2. The van der Waals surface area contributed by atoms with Gasteiger partial charge in [-0.15, -0.1) is 0 Å². The summed E-state index contributed by atoms with van der Waals surface area (Å²) < 4.78 is 11.8. The number of aryl methyl sites for hydroxylation is 1. The van der Waals surface area contributed by atoms with Crippen molar-refractivity contribution in [2.45, 2.75) is 19.2 Å². The van der Waals surface area contributed by atoms with Crippen LogP contribution in [0.2, 0.25) is 0 Å². The number of aliphatic hydroxyl groups excluding tert-OH is 1. The molecule has 0 fully saturated rings. The van der Waals surface area contributed by atoms with Crippen molar-refractivity contribution in [2.75, 3.05) is 12.7 Å². The molecule has 1 aromatic carbocycles. The molecule has 0 aliphatic carbocycles. The Bertz CT molecular complexity index is 377. The second kappa shape index (κ2) is 5.60. The molecule has 2 unspecified atom stereocenters. The van der Waals surface area contributed by atoms with Crippen molar-refractivity contribution in [3.63, 3.8) is 0 Å². The molecule has 0 aromatic heterocycles. The highest BCUT2D eigenvalue weighted by Gasteiger charge is 2.22. The fraction of sp³-hybridized carbons (Fsp3) is 0.455. The maximum absolute atomic E-state index is 11.8. The monoisotopic (exact) mass is 243 g/mol. The fourth-order valence-electron chi connectivity index (χ4n) is 1.45. The van der Waals surface area contributed by atoms with Crippen LogP contribution in [0.3, 0.4) is 0 Å². The summed E-state index contributed by atoms with van der Waals surface area (Å²) in [6, 6.07) is 7.45. The minimum absolute atomic E-state index is 0.0123. The molecule has 4 N–H and O–H groups in total. The zero-order chi connectivity index (χ0) is 12.2. The molecular formula is C11H18NO3P. The Morgan fingerprint density at radius 3 is 2.44 bits per heavy atom. The van der Waals surface area contributed by atoms with E-state index in [1.807, 2.05) is 31.2 Å². The summed E-state index contributed by atoms with van der Waals surface area (Å²) in [6.07, 6.45) is -0.955. The van der Waals surface area contributed by atoms with Crippen LogP contribution in [0.15, 0.2) is 24.3 Å². The summed E-state index contributed by atoms with van der Waals surface area (Å²) >= 11 is 0. The van der Waals surface area contributed by atoms with Crippen LogP contribution in [0.25, 0.3) is 0 Å². The zero-order valence-corrected chi connectivity index (χ0v) is 10.2. The Hall–Kier alpha value is -0.670. The minimum atomic E-state index is -3.33. The van der Waals surface area contributed by atoms with Crippen molar-refractivity contribution < 1.29 is 14.6 Å². The Balaban J connectivity index is 2.65. The molecule has 0 aliphatic heterocycles. The van der Waals surface area contributed by atoms with Crippen LogP contribution >= 0.6 is 7.37 Å². The van der Waals surface area contributed by atoms with Crippen molar-refractivity contribution >= 4 is 7.37 Å². The van der Waals surface area contributed by atoms with Gasteiger partial charge < -0.3 is 15.7 Å². The molecule has 0 aliphatic rings. The Morgan fingerprint density at radius 2 is 1.94 bits per heavy atom. The van der Waals surface area contributed by atoms with Gasteiger partial charge in [0.15, 0.2) is 0 Å². The van der Waals surface area contributed by atoms with E-state index in [2.05, 4.69) is 0 Å². The largest absolute Gasteiger partial charge is 0.391 e. The zero-order valence-electron chi connectivity index (χ0n) is 9.34. The van der Waals surface area contributed by atoms with E-state index in [0.717, 1.165) is 11.1 Å². The highest BCUT2D eigenvalue weighted by molar-refractivity contribution is 7.57. The summed E-state index contributed by atoms with van der Waals surface area (Å²) in [4.78, 5) is 9.68. The van der Waals surface area contributed by atoms with Gasteiger partial charge in [0.1, 0.15) is 0 Å². The standard InChI is InChI=1S/C11H18NO3P/c1-9-2-4-10(5-3-9)7-16(14,15)8-11(13)6-12/h2-5,11,13H,6-8,12H2,1H3,(H,14,15). The molecule has 2 atom stereocenters. The average molecular weight is 243 g/mol. The van der Waals surface area contributed by atoms with Gasteiger partial charge in [-0.05, 0) is 12.5 Å². The number of hydrogen-bond donors (Lipinski definition) is 3. The first-order valence-electron chi connectivity index (χ1n) is 5.17. The molecule has 1 rings (SSSR count). The third-order valence-corrected chi connectivity index (χ3v) is 4.17. The predicted octanol–water partition coefficient (Wildman–Crippen LogP) is 1.09. The molecule has 0 heterocycles. The Labute approximate surface area is 95.6 Å². The second-order valence-corrected chi connectivity index (χ2v) is 6.44. The van der Waals surface area contributed by atoms with E-state index < -0.39 is 13.5 Å². The van der Waals surface area contributed by atoms with Crippen molar-refractivity contribution in [1.29, 1.82) is 0 Å². The first kappa shape index (κ1) is 13.4. The molecule has 0 saturated carbocycles. The van der Waals surface area contributed by atoms with Crippen LogP contribution in [-0.2, 0) is 10.7 Å². The van der Waals surface area contributed by atoms with E-state index in [0.29, 0.717) is 0 Å². The molecule has 1 aromatic rings. The SMILES string of the molecule is Cc1ccc(CP(=O)(O)CC(O)CN)cc1. The van der Waals surface area contributed by atoms with Crippen molar-refractivity contribution in [3.8, 4) is 0 Å². The average Bonchev–Trinajstić information content (AvgIpc) is 2.20. The molecule has 0 amide bonds. The normalized spacial score (nSPS) is 16.8. The van der Waals surface area contributed by atoms with E-state index in [9.17, 15) is 14.6 Å². The third-order valence-electron chi connectivity index (χ3n) is 2.32. The van der Waals surface area contributed by atoms with E-state index in [1.54, 1.807) is 0 Å². The van der Waals surface area contributed by atoms with Crippen molar-refractivity contribution in [2.24, 2.45) is 5.73 Å². The van der Waals surface area contributed by atoms with Gasteiger partial charge in [-0.2, -0.15) is 0 Å². The van der Waals surface area contributed by atoms with Crippen molar-refractivity contribution in [1.82, 2.24) is 0 Å². The lowest BCUT2D eigenvalue weighted by molar-refractivity contribution is 0.202. The van der Waals surface area contributed by atoms with Gasteiger partial charge in [0.05, 0.1) is 12.3 Å². The Morgan fingerprint density at radius 1 is 1.38 bits per heavy atom. The van der Waals surface area contributed by atoms with Gasteiger partial charge in [-0.25, -0.2) is 0 Å². The lowest BCUT2D eigenvalue weighted by Gasteiger charge is -2.14. The molecule has 90 valence electrons. The highest BCUT2D eigenvalue weighted by Crippen LogP contribution is 2.44. The summed E-state index contributed by atoms with van der Waals surface area (Å²) in [5.41, 5.74) is 7.13. The minimum Gasteiger partial charge on any atom is -0.391 e. The van der Waals surface area contributed by atoms with Gasteiger partial charge in [0, 0.05) is 12.7 Å². The summed E-state index contributed by atoms with van der Waals surface area (Å²) in [5.74, 6) is 0. The number of benzene rings is 1. The number of aliphatic hydroxyl groups is 1. The molecule has 0 bridgehead atoms. The van der Waals surface area contributed by atoms with Crippen LogP contribution in [0.5, 0.6) is 0 Å². The van der Waals surface area contributed by atoms with Gasteiger partial charge >= 0.3 is 0 Å². The molecule has 16 heavy (non-hydrogen) atoms. The van der Waals surface area contributed by atoms with E-state index >= 15 is 0 Å². The molecule has 5 heteroatoms. The van der Waals surface area contributed by atoms with Gasteiger partial charge in [-0.3, -0.25) is 4.57 Å². The quantitative estimate of drug-likeness (QED) is 0.676. The molecule has 4 nitrogen and oxygen atoms in total. The first-order chi connectivity index (χ1) is 7.43. The topological polar surface area (TPSA) is 83.5 Å². The highest BCUT2D eigenvalue weighted by atomic mass is 31.2. The summed E-state index contributed by atoms with van der Waals surface area (Å²) in [5, 5.41) is 9.26. The maximum Gasteiger partial charge on any atom is 0.207 e. The lowest BCUT2D eigenvalue weighted by Crippen LogP contribution is -2.23. The van der Waals surface area contributed by atoms with Crippen LogP contribution in [0.4, 0.5) is 0 Å². The molecule has 0 saturated heterocycles. The summed E-state index contributed by atoms with van der Waals surface area (Å²) in [7, 11) is -3.33. The van der Waals surface area contributed by atoms with E-state index in [4.69, 9.17) is 5.73 Å². The second-order valence-electron chi connectivity index (χ2n) is 4.06.